The van der Waals surface area contributed by atoms with Crippen LogP contribution in [0.5, 0.6) is 0 Å². The minimum Gasteiger partial charge on any atom is -0.316 e. The van der Waals surface area contributed by atoms with Crippen LogP contribution in [-0.4, -0.2) is 25.8 Å². The lowest BCUT2D eigenvalue weighted by atomic mass is 10.1. The van der Waals surface area contributed by atoms with Gasteiger partial charge in [0.15, 0.2) is 0 Å². The maximum absolute atomic E-state index is 13.6. The average molecular weight is 499 g/mol. The molecule has 34 heavy (non-hydrogen) atoms. The summed E-state index contributed by atoms with van der Waals surface area (Å²) in [6.07, 6.45) is 1.63. The summed E-state index contributed by atoms with van der Waals surface area (Å²) in [6, 6.07) is 14.6. The third-order valence-corrected chi connectivity index (χ3v) is 7.70. The quantitative estimate of drug-likeness (QED) is 0.539. The highest BCUT2D eigenvalue weighted by molar-refractivity contribution is 7.89. The lowest BCUT2D eigenvalue weighted by molar-refractivity contribution is -0.115. The Bertz CT molecular complexity index is 1360. The number of benzene rings is 2. The molecule has 0 bridgehead atoms. The number of hydrogen-bond donors (Lipinski definition) is 2. The number of sulfonamides is 1. The summed E-state index contributed by atoms with van der Waals surface area (Å²) in [5, 5.41) is 18.3. The predicted molar refractivity (Wildman–Crippen MR) is 128 cm³/mol. The molecule has 4 rings (SSSR count). The van der Waals surface area contributed by atoms with E-state index in [2.05, 4.69) is 16.3 Å². The first kappa shape index (κ1) is 24.0. The highest BCUT2D eigenvalue weighted by Crippen LogP contribution is 2.36. The molecule has 1 aliphatic rings. The zero-order chi connectivity index (χ0) is 24.3. The number of fused-ring (bicyclic) bond motifs is 1. The van der Waals surface area contributed by atoms with Gasteiger partial charge in [-0.2, -0.15) is 5.26 Å². The Balaban J connectivity index is 1.47. The Labute approximate surface area is 201 Å². The Morgan fingerprint density at radius 1 is 1.21 bits per heavy atom. The van der Waals surface area contributed by atoms with Crippen LogP contribution in [0.4, 0.5) is 9.39 Å². The van der Waals surface area contributed by atoms with E-state index in [1.54, 1.807) is 18.2 Å². The highest BCUT2D eigenvalue weighted by Gasteiger charge is 2.24. The van der Waals surface area contributed by atoms with Crippen LogP contribution in [0.3, 0.4) is 0 Å². The Morgan fingerprint density at radius 3 is 2.65 bits per heavy atom. The van der Waals surface area contributed by atoms with Crippen LogP contribution >= 0.6 is 11.3 Å². The van der Waals surface area contributed by atoms with Gasteiger partial charge in [-0.15, -0.1) is 11.3 Å². The molecule has 0 saturated carbocycles. The van der Waals surface area contributed by atoms with Gasteiger partial charge < -0.3 is 5.32 Å². The van der Waals surface area contributed by atoms with Crippen molar-refractivity contribution in [2.75, 3.05) is 11.9 Å². The van der Waals surface area contributed by atoms with Crippen LogP contribution in [0.1, 0.15) is 33.6 Å². The van der Waals surface area contributed by atoms with Crippen molar-refractivity contribution in [2.45, 2.75) is 37.2 Å². The monoisotopic (exact) mass is 498 g/mol. The third-order valence-electron chi connectivity index (χ3n) is 5.64. The van der Waals surface area contributed by atoms with Crippen LogP contribution in [0.25, 0.3) is 0 Å². The minimum atomic E-state index is -3.79. The molecule has 2 heterocycles. The van der Waals surface area contributed by atoms with Gasteiger partial charge in [0.2, 0.25) is 15.9 Å². The fourth-order valence-electron chi connectivity index (χ4n) is 4.05. The predicted octanol–water partition coefficient (Wildman–Crippen LogP) is 3.54. The molecular formula is C24H23FN4O3S2. The van der Waals surface area contributed by atoms with E-state index in [1.165, 1.54) is 35.6 Å². The van der Waals surface area contributed by atoms with Gasteiger partial charge in [0.25, 0.3) is 0 Å². The molecule has 0 radical (unpaired) electrons. The van der Waals surface area contributed by atoms with E-state index in [4.69, 9.17) is 5.14 Å². The van der Waals surface area contributed by atoms with E-state index in [1.807, 2.05) is 6.07 Å². The summed E-state index contributed by atoms with van der Waals surface area (Å²) in [4.78, 5) is 15.9. The zero-order valence-electron chi connectivity index (χ0n) is 18.3. The summed E-state index contributed by atoms with van der Waals surface area (Å²) < 4.78 is 36.3. The van der Waals surface area contributed by atoms with Gasteiger partial charge in [-0.25, -0.2) is 17.9 Å². The molecule has 0 unspecified atom stereocenters. The number of nitrogens with zero attached hydrogens (tertiary/aromatic N) is 2. The SMILES string of the molecule is N#Cc1c(NC(=O)Cc2ccc(S(N)(=O)=O)cc2)sc2c1CCCN(Cc1cccc(F)c1)C2. The number of nitriles is 1. The molecule has 10 heteroatoms. The number of rotatable bonds is 6. The second-order valence-corrected chi connectivity index (χ2v) is 10.8. The molecule has 0 fully saturated rings. The molecular weight excluding hydrogens is 475 g/mol. The third kappa shape index (κ3) is 5.69. The molecule has 0 spiro atoms. The molecule has 1 aromatic heterocycles. The van der Waals surface area contributed by atoms with Crippen LogP contribution in [0.2, 0.25) is 0 Å². The lowest BCUT2D eigenvalue weighted by Gasteiger charge is -2.19. The number of nitrogens with two attached hydrogens (primary N) is 1. The van der Waals surface area contributed by atoms with Crippen molar-refractivity contribution in [3.05, 3.63) is 81.5 Å². The highest BCUT2D eigenvalue weighted by atomic mass is 32.2. The van der Waals surface area contributed by atoms with E-state index in [0.717, 1.165) is 35.4 Å². The van der Waals surface area contributed by atoms with Crippen molar-refractivity contribution in [2.24, 2.45) is 5.14 Å². The number of carbonyl (C=O) groups is 1. The number of primary sulfonamides is 1. The first-order valence-electron chi connectivity index (χ1n) is 10.7. The first-order valence-corrected chi connectivity index (χ1v) is 13.0. The zero-order valence-corrected chi connectivity index (χ0v) is 19.9. The van der Waals surface area contributed by atoms with Crippen molar-refractivity contribution in [1.29, 1.82) is 5.26 Å². The molecule has 7 nitrogen and oxygen atoms in total. The van der Waals surface area contributed by atoms with Crippen LogP contribution < -0.4 is 10.5 Å². The Kier molecular flexibility index (Phi) is 7.09. The van der Waals surface area contributed by atoms with Crippen molar-refractivity contribution in [3.63, 3.8) is 0 Å². The molecule has 1 amide bonds. The minimum absolute atomic E-state index is 0.0202. The largest absolute Gasteiger partial charge is 0.316 e. The molecule has 0 aliphatic carbocycles. The number of thiophene rings is 1. The van der Waals surface area contributed by atoms with E-state index in [-0.39, 0.29) is 23.0 Å². The second-order valence-electron chi connectivity index (χ2n) is 8.18. The summed E-state index contributed by atoms with van der Waals surface area (Å²) >= 11 is 1.40. The smallest absolute Gasteiger partial charge is 0.238 e. The number of amides is 1. The Hall–Kier alpha value is -3.10. The molecule has 1 aliphatic heterocycles. The maximum atomic E-state index is 13.6. The first-order chi connectivity index (χ1) is 16.2. The molecule has 176 valence electrons. The van der Waals surface area contributed by atoms with Crippen LogP contribution in [0.15, 0.2) is 53.4 Å². The number of halogens is 1. The van der Waals surface area contributed by atoms with E-state index in [9.17, 15) is 22.9 Å². The van der Waals surface area contributed by atoms with Gasteiger partial charge in [0, 0.05) is 18.0 Å². The van der Waals surface area contributed by atoms with E-state index >= 15 is 0 Å². The van der Waals surface area contributed by atoms with Crippen molar-refractivity contribution < 1.29 is 17.6 Å². The van der Waals surface area contributed by atoms with E-state index in [0.29, 0.717) is 29.2 Å². The van der Waals surface area contributed by atoms with Gasteiger partial charge in [0.05, 0.1) is 16.9 Å². The number of hydrogen-bond acceptors (Lipinski definition) is 6. The molecule has 2 aromatic carbocycles. The number of nitrogens with one attached hydrogen (secondary N) is 1. The number of carbonyl (C=O) groups excluding carboxylic acids is 1. The summed E-state index contributed by atoms with van der Waals surface area (Å²) in [5.74, 6) is -0.562. The molecule has 0 saturated heterocycles. The van der Waals surface area contributed by atoms with Crippen LogP contribution in [0, 0.1) is 17.1 Å². The maximum Gasteiger partial charge on any atom is 0.238 e. The molecule has 0 atom stereocenters. The second kappa shape index (κ2) is 10.0. The van der Waals surface area contributed by atoms with Gasteiger partial charge in [-0.05, 0) is 60.3 Å². The summed E-state index contributed by atoms with van der Waals surface area (Å²) in [6.45, 7) is 2.06. The summed E-state index contributed by atoms with van der Waals surface area (Å²) in [7, 11) is -3.79. The van der Waals surface area contributed by atoms with Gasteiger partial charge in [0.1, 0.15) is 16.9 Å². The van der Waals surface area contributed by atoms with Crippen LogP contribution in [-0.2, 0) is 40.7 Å². The lowest BCUT2D eigenvalue weighted by Crippen LogP contribution is -2.22. The standard InChI is InChI=1S/C24H23FN4O3S2/c25-18-4-1-3-17(11-18)14-29-10-2-5-20-21(13-26)24(33-22(20)15-29)28-23(30)12-16-6-8-19(9-7-16)34(27,31)32/h1,3-4,6-9,11H,2,5,10,12,14-15H2,(H,28,30)(H2,27,31,32). The topological polar surface area (TPSA) is 116 Å². The van der Waals surface area contributed by atoms with E-state index < -0.39 is 10.0 Å². The normalized spacial score (nSPS) is 14.1. The summed E-state index contributed by atoms with van der Waals surface area (Å²) in [5.41, 5.74) is 2.97. The van der Waals surface area contributed by atoms with Gasteiger partial charge >= 0.3 is 0 Å². The fourth-order valence-corrected chi connectivity index (χ4v) is 5.83. The number of anilines is 1. The van der Waals surface area contributed by atoms with Gasteiger partial charge in [-0.3, -0.25) is 9.69 Å². The molecule has 3 N–H and O–H groups in total. The van der Waals surface area contributed by atoms with Crippen molar-refractivity contribution >= 4 is 32.3 Å². The van der Waals surface area contributed by atoms with Gasteiger partial charge in [-0.1, -0.05) is 24.3 Å². The van der Waals surface area contributed by atoms with Crippen molar-refractivity contribution in [1.82, 2.24) is 4.90 Å². The van der Waals surface area contributed by atoms with Crippen molar-refractivity contribution in [3.8, 4) is 6.07 Å². The molecule has 3 aromatic rings. The Morgan fingerprint density at radius 2 is 1.97 bits per heavy atom. The fraction of sp³-hybridized carbons (Fsp3) is 0.250. The average Bonchev–Trinajstić information content (AvgIpc) is 2.96.